The van der Waals surface area contributed by atoms with E-state index in [9.17, 15) is 5.11 Å². The molecule has 1 aromatic carbocycles. The molecule has 0 aliphatic rings. The first-order valence-corrected chi connectivity index (χ1v) is 5.11. The first kappa shape index (κ1) is 11.2. The van der Waals surface area contributed by atoms with E-state index in [0.29, 0.717) is 12.3 Å². The highest BCUT2D eigenvalue weighted by atomic mass is 16.3. The summed E-state index contributed by atoms with van der Waals surface area (Å²) in [6.45, 7) is 1.95. The molecule has 0 aliphatic carbocycles. The Bertz CT molecular complexity index is 246. The minimum absolute atomic E-state index is 0.149. The molecular formula is C12H18O2. The van der Waals surface area contributed by atoms with Gasteiger partial charge in [0, 0.05) is 0 Å². The first-order valence-electron chi connectivity index (χ1n) is 5.11. The van der Waals surface area contributed by atoms with Gasteiger partial charge in [0.2, 0.25) is 0 Å². The summed E-state index contributed by atoms with van der Waals surface area (Å²) in [6, 6.07) is 10.1. The van der Waals surface area contributed by atoms with Gasteiger partial charge in [-0.15, -0.1) is 0 Å². The van der Waals surface area contributed by atoms with Crippen LogP contribution >= 0.6 is 0 Å². The maximum atomic E-state index is 9.37. The normalized spacial score (nSPS) is 15.1. The van der Waals surface area contributed by atoms with E-state index in [0.717, 1.165) is 6.42 Å². The number of aliphatic hydroxyl groups excluding tert-OH is 2. The maximum absolute atomic E-state index is 9.37. The Balaban J connectivity index is 2.63. The Morgan fingerprint density at radius 2 is 1.86 bits per heavy atom. The van der Waals surface area contributed by atoms with E-state index in [-0.39, 0.29) is 6.61 Å². The van der Waals surface area contributed by atoms with E-state index in [2.05, 4.69) is 19.1 Å². The van der Waals surface area contributed by atoms with Gasteiger partial charge in [-0.05, 0) is 24.3 Å². The van der Waals surface area contributed by atoms with Crippen LogP contribution in [0, 0.1) is 0 Å². The van der Waals surface area contributed by atoms with Crippen LogP contribution in [0.3, 0.4) is 0 Å². The number of benzene rings is 1. The molecule has 2 atom stereocenters. The van der Waals surface area contributed by atoms with Gasteiger partial charge in [-0.3, -0.25) is 0 Å². The summed E-state index contributed by atoms with van der Waals surface area (Å²) in [5.74, 6) is 0.346. The third kappa shape index (κ3) is 3.13. The summed E-state index contributed by atoms with van der Waals surface area (Å²) < 4.78 is 0. The summed E-state index contributed by atoms with van der Waals surface area (Å²) in [5.41, 5.74) is 1.24. The number of hydrogen-bond donors (Lipinski definition) is 2. The van der Waals surface area contributed by atoms with Crippen LogP contribution in [0.4, 0.5) is 0 Å². The van der Waals surface area contributed by atoms with E-state index < -0.39 is 6.10 Å². The maximum Gasteiger partial charge on any atom is 0.0776 e. The molecule has 0 saturated heterocycles. The van der Waals surface area contributed by atoms with Crippen molar-refractivity contribution >= 4 is 0 Å². The van der Waals surface area contributed by atoms with Gasteiger partial charge in [-0.2, -0.15) is 0 Å². The molecular weight excluding hydrogens is 176 g/mol. The largest absolute Gasteiger partial charge is 0.394 e. The fraction of sp³-hybridized carbons (Fsp3) is 0.500. The van der Waals surface area contributed by atoms with Gasteiger partial charge in [0.05, 0.1) is 12.7 Å². The van der Waals surface area contributed by atoms with Crippen molar-refractivity contribution in [1.82, 2.24) is 0 Å². The lowest BCUT2D eigenvalue weighted by atomic mass is 9.91. The molecule has 1 rings (SSSR count). The van der Waals surface area contributed by atoms with Gasteiger partial charge in [0.1, 0.15) is 0 Å². The number of rotatable bonds is 5. The Morgan fingerprint density at radius 3 is 2.36 bits per heavy atom. The fourth-order valence-corrected chi connectivity index (χ4v) is 1.67. The average Bonchev–Trinajstić information content (AvgIpc) is 2.26. The van der Waals surface area contributed by atoms with E-state index in [1.54, 1.807) is 0 Å². The smallest absolute Gasteiger partial charge is 0.0776 e. The topological polar surface area (TPSA) is 40.5 Å². The number of hydrogen-bond acceptors (Lipinski definition) is 2. The van der Waals surface area contributed by atoms with Crippen molar-refractivity contribution < 1.29 is 10.2 Å². The Labute approximate surface area is 85.2 Å². The molecule has 2 heteroatoms. The van der Waals surface area contributed by atoms with Crippen LogP contribution in [0.15, 0.2) is 30.3 Å². The van der Waals surface area contributed by atoms with E-state index >= 15 is 0 Å². The van der Waals surface area contributed by atoms with Crippen molar-refractivity contribution in [3.8, 4) is 0 Å². The quantitative estimate of drug-likeness (QED) is 0.752. The van der Waals surface area contributed by atoms with Crippen LogP contribution in [0.2, 0.25) is 0 Å². The minimum atomic E-state index is -0.597. The van der Waals surface area contributed by atoms with E-state index in [1.807, 2.05) is 18.2 Å². The lowest BCUT2D eigenvalue weighted by molar-refractivity contribution is 0.0817. The lowest BCUT2D eigenvalue weighted by Gasteiger charge is -2.17. The summed E-state index contributed by atoms with van der Waals surface area (Å²) in [5, 5.41) is 18.1. The van der Waals surface area contributed by atoms with Crippen LogP contribution in [0.1, 0.15) is 31.2 Å². The average molecular weight is 194 g/mol. The van der Waals surface area contributed by atoms with Crippen molar-refractivity contribution in [1.29, 1.82) is 0 Å². The molecule has 0 amide bonds. The van der Waals surface area contributed by atoms with Crippen LogP contribution in [-0.2, 0) is 0 Å². The van der Waals surface area contributed by atoms with Crippen molar-refractivity contribution in [3.05, 3.63) is 35.9 Å². The molecule has 0 radical (unpaired) electrons. The molecule has 0 saturated carbocycles. The highest BCUT2D eigenvalue weighted by molar-refractivity contribution is 5.19. The monoisotopic (exact) mass is 194 g/mol. The molecule has 2 unspecified atom stereocenters. The summed E-state index contributed by atoms with van der Waals surface area (Å²) >= 11 is 0. The van der Waals surface area contributed by atoms with Gasteiger partial charge in [0.25, 0.3) is 0 Å². The summed E-state index contributed by atoms with van der Waals surface area (Å²) in [6.07, 6.45) is 1.03. The molecule has 0 bridgehead atoms. The van der Waals surface area contributed by atoms with Gasteiger partial charge in [-0.25, -0.2) is 0 Å². The predicted octanol–water partition coefficient (Wildman–Crippen LogP) is 1.92. The van der Waals surface area contributed by atoms with Crippen molar-refractivity contribution in [3.63, 3.8) is 0 Å². The predicted molar refractivity (Wildman–Crippen MR) is 57.2 cm³/mol. The fourth-order valence-electron chi connectivity index (χ4n) is 1.67. The highest BCUT2D eigenvalue weighted by Crippen LogP contribution is 2.24. The molecule has 78 valence electrons. The van der Waals surface area contributed by atoms with Crippen LogP contribution < -0.4 is 0 Å². The van der Waals surface area contributed by atoms with E-state index in [4.69, 9.17) is 5.11 Å². The molecule has 2 N–H and O–H groups in total. The Kier molecular flexibility index (Phi) is 4.63. The second-order valence-corrected chi connectivity index (χ2v) is 3.59. The van der Waals surface area contributed by atoms with Crippen molar-refractivity contribution in [2.24, 2.45) is 0 Å². The second-order valence-electron chi connectivity index (χ2n) is 3.59. The molecule has 14 heavy (non-hydrogen) atoms. The third-order valence-corrected chi connectivity index (χ3v) is 2.53. The molecule has 0 heterocycles. The number of aliphatic hydroxyl groups is 2. The van der Waals surface area contributed by atoms with Crippen molar-refractivity contribution in [2.45, 2.75) is 31.8 Å². The van der Waals surface area contributed by atoms with Crippen LogP contribution in [-0.4, -0.2) is 22.9 Å². The van der Waals surface area contributed by atoms with Gasteiger partial charge in [0.15, 0.2) is 0 Å². The highest BCUT2D eigenvalue weighted by Gasteiger charge is 2.13. The first-order chi connectivity index (χ1) is 6.77. The zero-order chi connectivity index (χ0) is 10.4. The molecule has 0 fully saturated rings. The molecule has 0 spiro atoms. The molecule has 2 nitrogen and oxygen atoms in total. The molecule has 0 aromatic heterocycles. The zero-order valence-corrected chi connectivity index (χ0v) is 8.56. The second kappa shape index (κ2) is 5.78. The zero-order valence-electron chi connectivity index (χ0n) is 8.56. The lowest BCUT2D eigenvalue weighted by Crippen LogP contribution is -2.16. The molecule has 1 aromatic rings. The Hall–Kier alpha value is -0.860. The van der Waals surface area contributed by atoms with Gasteiger partial charge < -0.3 is 10.2 Å². The standard InChI is InChI=1S/C12H18O2/c1-2-10(8-12(14)9-13)11-6-4-3-5-7-11/h3-7,10,12-14H,2,8-9H2,1H3. The van der Waals surface area contributed by atoms with Crippen molar-refractivity contribution in [2.75, 3.05) is 6.61 Å². The summed E-state index contributed by atoms with van der Waals surface area (Å²) in [4.78, 5) is 0. The summed E-state index contributed by atoms with van der Waals surface area (Å²) in [7, 11) is 0. The van der Waals surface area contributed by atoms with Gasteiger partial charge in [-0.1, -0.05) is 37.3 Å². The molecule has 0 aliphatic heterocycles. The van der Waals surface area contributed by atoms with Crippen LogP contribution in [0.25, 0.3) is 0 Å². The van der Waals surface area contributed by atoms with Crippen LogP contribution in [0.5, 0.6) is 0 Å². The third-order valence-electron chi connectivity index (χ3n) is 2.53. The van der Waals surface area contributed by atoms with Gasteiger partial charge >= 0.3 is 0 Å². The Morgan fingerprint density at radius 1 is 1.21 bits per heavy atom. The van der Waals surface area contributed by atoms with E-state index in [1.165, 1.54) is 5.56 Å². The SMILES string of the molecule is CCC(CC(O)CO)c1ccccc1. The minimum Gasteiger partial charge on any atom is -0.394 e.